The second-order valence-corrected chi connectivity index (χ2v) is 5.78. The molecular weight excluding hydrogens is 254 g/mol. The zero-order valence-electron chi connectivity index (χ0n) is 12.7. The normalized spacial score (nSPS) is 14.5. The molecule has 1 rings (SSSR count). The van der Waals surface area contributed by atoms with E-state index < -0.39 is 11.5 Å². The lowest BCUT2D eigenvalue weighted by molar-refractivity contribution is -0.149. The maximum absolute atomic E-state index is 11.9. The number of carbonyl (C=O) groups is 1. The molecule has 0 radical (unpaired) electrons. The summed E-state index contributed by atoms with van der Waals surface area (Å²) in [7, 11) is 0. The van der Waals surface area contributed by atoms with Crippen molar-refractivity contribution in [1.82, 2.24) is 5.32 Å². The molecule has 1 atom stereocenters. The van der Waals surface area contributed by atoms with Crippen LogP contribution >= 0.6 is 0 Å². The number of nitrogens with one attached hydrogen (secondary N) is 1. The van der Waals surface area contributed by atoms with E-state index in [0.29, 0.717) is 18.1 Å². The smallest absolute Gasteiger partial charge is 0.331 e. The van der Waals surface area contributed by atoms with Crippen LogP contribution in [0.4, 0.5) is 0 Å². The Balaban J connectivity index is 3.05. The predicted molar refractivity (Wildman–Crippen MR) is 79.7 cm³/mol. The van der Waals surface area contributed by atoms with Gasteiger partial charge in [-0.3, -0.25) is 5.32 Å². The fourth-order valence-corrected chi connectivity index (χ4v) is 2.12. The van der Waals surface area contributed by atoms with Crippen LogP contribution in [-0.2, 0) is 15.1 Å². The molecule has 0 saturated carbocycles. The minimum Gasteiger partial charge on any atom is -0.480 e. The van der Waals surface area contributed by atoms with Crippen LogP contribution in [-0.4, -0.2) is 30.3 Å². The van der Waals surface area contributed by atoms with Gasteiger partial charge in [-0.05, 0) is 25.3 Å². The Kier molecular flexibility index (Phi) is 6.17. The van der Waals surface area contributed by atoms with Crippen LogP contribution in [0.3, 0.4) is 0 Å². The average molecular weight is 279 g/mol. The average Bonchev–Trinajstić information content (AvgIpc) is 2.37. The van der Waals surface area contributed by atoms with Crippen molar-refractivity contribution in [3.63, 3.8) is 0 Å². The molecule has 0 amide bonds. The molecule has 0 fully saturated rings. The van der Waals surface area contributed by atoms with Crippen molar-refractivity contribution in [2.24, 2.45) is 5.92 Å². The zero-order chi connectivity index (χ0) is 15.2. The lowest BCUT2D eigenvalue weighted by atomic mass is 9.89. The quantitative estimate of drug-likeness (QED) is 0.768. The molecule has 0 saturated heterocycles. The molecule has 20 heavy (non-hydrogen) atoms. The highest BCUT2D eigenvalue weighted by Crippen LogP contribution is 2.23. The third-order valence-corrected chi connectivity index (χ3v) is 2.94. The molecular formula is C16H25NO3. The van der Waals surface area contributed by atoms with Crippen molar-refractivity contribution in [1.29, 1.82) is 0 Å². The maximum atomic E-state index is 11.9. The van der Waals surface area contributed by atoms with Gasteiger partial charge in [-0.15, -0.1) is 0 Å². The first-order valence-electron chi connectivity index (χ1n) is 7.03. The summed E-state index contributed by atoms with van der Waals surface area (Å²) in [6.07, 6.45) is 0. The number of rotatable bonds is 8. The number of carboxylic acid groups (broad SMARTS) is 1. The second kappa shape index (κ2) is 7.41. The highest BCUT2D eigenvalue weighted by Gasteiger charge is 2.41. The fourth-order valence-electron chi connectivity index (χ4n) is 2.12. The van der Waals surface area contributed by atoms with E-state index in [9.17, 15) is 9.90 Å². The molecule has 0 bridgehead atoms. The first-order valence-corrected chi connectivity index (χ1v) is 7.03. The van der Waals surface area contributed by atoms with Crippen molar-refractivity contribution >= 4 is 5.97 Å². The molecule has 1 unspecified atom stereocenters. The van der Waals surface area contributed by atoms with Crippen molar-refractivity contribution < 1.29 is 14.6 Å². The van der Waals surface area contributed by atoms with E-state index in [1.54, 1.807) is 0 Å². The van der Waals surface area contributed by atoms with Gasteiger partial charge in [0.15, 0.2) is 5.54 Å². The lowest BCUT2D eigenvalue weighted by Gasteiger charge is -2.33. The molecule has 0 heterocycles. The Morgan fingerprint density at radius 3 is 2.30 bits per heavy atom. The van der Waals surface area contributed by atoms with Crippen LogP contribution in [0.25, 0.3) is 0 Å². The van der Waals surface area contributed by atoms with Crippen LogP contribution < -0.4 is 5.32 Å². The number of ether oxygens (including phenoxy) is 1. The Morgan fingerprint density at radius 2 is 1.85 bits per heavy atom. The van der Waals surface area contributed by atoms with Crippen LogP contribution in [0.1, 0.15) is 33.3 Å². The summed E-state index contributed by atoms with van der Waals surface area (Å²) in [5.74, 6) is -0.544. The Bertz CT molecular complexity index is 417. The van der Waals surface area contributed by atoms with E-state index in [1.807, 2.05) is 58.0 Å². The first-order chi connectivity index (χ1) is 9.38. The fraction of sp³-hybridized carbons (Fsp3) is 0.562. The van der Waals surface area contributed by atoms with Crippen LogP contribution in [0.15, 0.2) is 30.3 Å². The number of benzene rings is 1. The van der Waals surface area contributed by atoms with E-state index in [1.165, 1.54) is 0 Å². The van der Waals surface area contributed by atoms with E-state index >= 15 is 0 Å². The highest BCUT2D eigenvalue weighted by molar-refractivity contribution is 5.81. The van der Waals surface area contributed by atoms with Gasteiger partial charge in [0.05, 0.1) is 6.61 Å². The van der Waals surface area contributed by atoms with E-state index in [-0.39, 0.29) is 12.6 Å². The number of carboxylic acids is 1. The Labute approximate surface area is 121 Å². The van der Waals surface area contributed by atoms with Crippen molar-refractivity contribution in [3.8, 4) is 0 Å². The third kappa shape index (κ3) is 4.32. The highest BCUT2D eigenvalue weighted by atomic mass is 16.5. The van der Waals surface area contributed by atoms with Gasteiger partial charge < -0.3 is 9.84 Å². The molecule has 0 aliphatic carbocycles. The minimum absolute atomic E-state index is 0.0361. The van der Waals surface area contributed by atoms with Crippen LogP contribution in [0.2, 0.25) is 0 Å². The van der Waals surface area contributed by atoms with Crippen molar-refractivity contribution in [2.45, 2.75) is 39.3 Å². The van der Waals surface area contributed by atoms with Crippen molar-refractivity contribution in [3.05, 3.63) is 35.9 Å². The van der Waals surface area contributed by atoms with Gasteiger partial charge in [-0.1, -0.05) is 44.2 Å². The van der Waals surface area contributed by atoms with Gasteiger partial charge in [0.25, 0.3) is 0 Å². The Morgan fingerprint density at radius 1 is 1.25 bits per heavy atom. The molecule has 4 nitrogen and oxygen atoms in total. The monoisotopic (exact) mass is 279 g/mol. The van der Waals surface area contributed by atoms with Gasteiger partial charge in [-0.2, -0.15) is 0 Å². The van der Waals surface area contributed by atoms with Crippen LogP contribution in [0, 0.1) is 5.92 Å². The van der Waals surface area contributed by atoms with E-state index in [0.717, 1.165) is 0 Å². The largest absolute Gasteiger partial charge is 0.480 e. The topological polar surface area (TPSA) is 58.6 Å². The van der Waals surface area contributed by atoms with Crippen molar-refractivity contribution in [2.75, 3.05) is 13.2 Å². The minimum atomic E-state index is -1.20. The summed E-state index contributed by atoms with van der Waals surface area (Å²) >= 11 is 0. The second-order valence-electron chi connectivity index (χ2n) is 5.78. The molecule has 0 aliphatic heterocycles. The lowest BCUT2D eigenvalue weighted by Crippen LogP contribution is -2.55. The summed E-state index contributed by atoms with van der Waals surface area (Å²) < 4.78 is 5.63. The van der Waals surface area contributed by atoms with E-state index in [2.05, 4.69) is 5.32 Å². The molecule has 112 valence electrons. The molecule has 0 aromatic heterocycles. The van der Waals surface area contributed by atoms with Gasteiger partial charge in [0.2, 0.25) is 0 Å². The number of aliphatic carboxylic acids is 1. The SMILES string of the molecule is CC(C)COCC(NC(C)C)(C(=O)O)c1ccccc1. The molecule has 4 heteroatoms. The van der Waals surface area contributed by atoms with Gasteiger partial charge in [0.1, 0.15) is 0 Å². The number of hydrogen-bond donors (Lipinski definition) is 2. The summed E-state index contributed by atoms with van der Waals surface area (Å²) in [5, 5.41) is 12.9. The maximum Gasteiger partial charge on any atom is 0.331 e. The Hall–Kier alpha value is -1.39. The third-order valence-electron chi connectivity index (χ3n) is 2.94. The zero-order valence-corrected chi connectivity index (χ0v) is 12.7. The predicted octanol–water partition coefficient (Wildman–Crippen LogP) is 2.64. The molecule has 0 aliphatic rings. The molecule has 1 aromatic carbocycles. The summed E-state index contributed by atoms with van der Waals surface area (Å²) in [6, 6.07) is 9.24. The first kappa shape index (κ1) is 16.7. The summed E-state index contributed by atoms with van der Waals surface area (Å²) in [5.41, 5.74) is -0.491. The standard InChI is InChI=1S/C16H25NO3/c1-12(2)10-20-11-16(15(18)19,17-13(3)4)14-8-6-5-7-9-14/h5-9,12-13,17H,10-11H2,1-4H3,(H,18,19). The van der Waals surface area contributed by atoms with Gasteiger partial charge in [0, 0.05) is 12.6 Å². The summed E-state index contributed by atoms with van der Waals surface area (Å²) in [4.78, 5) is 11.9. The molecule has 0 spiro atoms. The summed E-state index contributed by atoms with van der Waals surface area (Å²) in [6.45, 7) is 8.61. The molecule has 2 N–H and O–H groups in total. The van der Waals surface area contributed by atoms with Gasteiger partial charge in [-0.25, -0.2) is 4.79 Å². The van der Waals surface area contributed by atoms with Gasteiger partial charge >= 0.3 is 5.97 Å². The number of hydrogen-bond acceptors (Lipinski definition) is 3. The van der Waals surface area contributed by atoms with Crippen LogP contribution in [0.5, 0.6) is 0 Å². The molecule has 1 aromatic rings. The van der Waals surface area contributed by atoms with E-state index in [4.69, 9.17) is 4.74 Å².